The lowest BCUT2D eigenvalue weighted by Gasteiger charge is -2.30. The van der Waals surface area contributed by atoms with Gasteiger partial charge in [0.15, 0.2) is 9.84 Å². The molecule has 3 rings (SSSR count). The van der Waals surface area contributed by atoms with Crippen molar-refractivity contribution in [2.24, 2.45) is 0 Å². The lowest BCUT2D eigenvalue weighted by Crippen LogP contribution is -2.42. The van der Waals surface area contributed by atoms with E-state index in [0.717, 1.165) is 5.56 Å². The Balaban J connectivity index is 1.65. The van der Waals surface area contributed by atoms with Crippen LogP contribution in [-0.2, 0) is 16.4 Å². The van der Waals surface area contributed by atoms with Gasteiger partial charge in [0.05, 0.1) is 11.5 Å². The molecular formula is C20H24FNO4S. The van der Waals surface area contributed by atoms with Gasteiger partial charge in [-0.05, 0) is 36.2 Å². The van der Waals surface area contributed by atoms with Gasteiger partial charge < -0.3 is 9.84 Å². The molecule has 1 saturated heterocycles. The summed E-state index contributed by atoms with van der Waals surface area (Å²) in [4.78, 5) is 1.92. The molecule has 2 unspecified atom stereocenters. The Morgan fingerprint density at radius 2 is 1.96 bits per heavy atom. The molecule has 0 bridgehead atoms. The van der Waals surface area contributed by atoms with E-state index in [9.17, 15) is 17.9 Å². The Labute approximate surface area is 159 Å². The van der Waals surface area contributed by atoms with Crippen molar-refractivity contribution in [3.05, 3.63) is 66.0 Å². The third-order valence-electron chi connectivity index (χ3n) is 4.63. The molecule has 5 nitrogen and oxygen atoms in total. The van der Waals surface area contributed by atoms with E-state index in [1.54, 1.807) is 24.3 Å². The number of aliphatic hydroxyl groups excluding tert-OH is 1. The van der Waals surface area contributed by atoms with E-state index in [0.29, 0.717) is 18.7 Å². The van der Waals surface area contributed by atoms with Gasteiger partial charge in [-0.15, -0.1) is 0 Å². The summed E-state index contributed by atoms with van der Waals surface area (Å²) in [5, 5.41) is 10.4. The SMILES string of the molecule is O=S1(=O)CCC(N(Cc2cccc(F)c2)CC(O)COc2ccccc2)C1. The number of para-hydroxylation sites is 1. The van der Waals surface area contributed by atoms with Crippen LogP contribution in [0, 0.1) is 5.82 Å². The molecule has 2 aromatic carbocycles. The van der Waals surface area contributed by atoms with E-state index in [2.05, 4.69) is 0 Å². The molecule has 0 aromatic heterocycles. The second kappa shape index (κ2) is 8.82. The predicted molar refractivity (Wildman–Crippen MR) is 102 cm³/mol. The molecule has 146 valence electrons. The minimum atomic E-state index is -3.06. The zero-order valence-corrected chi connectivity index (χ0v) is 15.8. The first-order valence-corrected chi connectivity index (χ1v) is 10.8. The minimum absolute atomic E-state index is 0.0641. The number of aliphatic hydroxyl groups is 1. The van der Waals surface area contributed by atoms with Crippen LogP contribution in [0.5, 0.6) is 5.75 Å². The van der Waals surface area contributed by atoms with Gasteiger partial charge in [0.25, 0.3) is 0 Å². The fraction of sp³-hybridized carbons (Fsp3) is 0.400. The number of ether oxygens (including phenoxy) is 1. The van der Waals surface area contributed by atoms with Crippen LogP contribution in [0.25, 0.3) is 0 Å². The normalized spacial score (nSPS) is 19.9. The molecule has 0 radical (unpaired) electrons. The second-order valence-electron chi connectivity index (χ2n) is 6.89. The summed E-state index contributed by atoms with van der Waals surface area (Å²) < 4.78 is 42.8. The summed E-state index contributed by atoms with van der Waals surface area (Å²) in [6.45, 7) is 0.729. The highest BCUT2D eigenvalue weighted by molar-refractivity contribution is 7.91. The maximum atomic E-state index is 13.5. The van der Waals surface area contributed by atoms with Crippen LogP contribution in [0.3, 0.4) is 0 Å². The van der Waals surface area contributed by atoms with Crippen molar-refractivity contribution in [3.8, 4) is 5.75 Å². The Morgan fingerprint density at radius 1 is 1.19 bits per heavy atom. The maximum absolute atomic E-state index is 13.5. The summed E-state index contributed by atoms with van der Waals surface area (Å²) in [7, 11) is -3.06. The Hall–Kier alpha value is -1.96. The highest BCUT2D eigenvalue weighted by Crippen LogP contribution is 2.21. The van der Waals surface area contributed by atoms with Crippen molar-refractivity contribution in [2.75, 3.05) is 24.7 Å². The summed E-state index contributed by atoms with van der Waals surface area (Å²) in [6.07, 6.45) is -0.272. The van der Waals surface area contributed by atoms with Crippen molar-refractivity contribution in [2.45, 2.75) is 25.1 Å². The predicted octanol–water partition coefficient (Wildman–Crippen LogP) is 2.25. The third kappa shape index (κ3) is 6.02. The van der Waals surface area contributed by atoms with Gasteiger partial charge in [-0.1, -0.05) is 30.3 Å². The number of benzene rings is 2. The summed E-state index contributed by atoms with van der Waals surface area (Å²) in [5.41, 5.74) is 0.746. The monoisotopic (exact) mass is 393 g/mol. The highest BCUT2D eigenvalue weighted by atomic mass is 32.2. The van der Waals surface area contributed by atoms with Crippen LogP contribution in [0.4, 0.5) is 4.39 Å². The molecule has 0 saturated carbocycles. The number of rotatable bonds is 8. The minimum Gasteiger partial charge on any atom is -0.491 e. The molecule has 2 atom stereocenters. The van der Waals surface area contributed by atoms with Gasteiger partial charge in [0.1, 0.15) is 24.3 Å². The molecular weight excluding hydrogens is 369 g/mol. The van der Waals surface area contributed by atoms with Crippen molar-refractivity contribution in [1.82, 2.24) is 4.90 Å². The highest BCUT2D eigenvalue weighted by Gasteiger charge is 2.33. The van der Waals surface area contributed by atoms with E-state index in [4.69, 9.17) is 4.74 Å². The molecule has 1 aliphatic heterocycles. The van der Waals surface area contributed by atoms with Crippen LogP contribution in [0.2, 0.25) is 0 Å². The molecule has 1 heterocycles. The van der Waals surface area contributed by atoms with E-state index in [1.165, 1.54) is 12.1 Å². The van der Waals surface area contributed by atoms with Crippen LogP contribution in [0.15, 0.2) is 54.6 Å². The average Bonchev–Trinajstić information content (AvgIpc) is 3.00. The smallest absolute Gasteiger partial charge is 0.151 e. The number of hydrogen-bond donors (Lipinski definition) is 1. The number of nitrogens with zero attached hydrogens (tertiary/aromatic N) is 1. The summed E-state index contributed by atoms with van der Waals surface area (Å²) in [6, 6.07) is 15.2. The molecule has 7 heteroatoms. The molecule has 1 aliphatic rings. The maximum Gasteiger partial charge on any atom is 0.151 e. The van der Waals surface area contributed by atoms with E-state index in [-0.39, 0.29) is 36.5 Å². The quantitative estimate of drug-likeness (QED) is 0.745. The van der Waals surface area contributed by atoms with Crippen LogP contribution in [0.1, 0.15) is 12.0 Å². The number of sulfone groups is 1. The topological polar surface area (TPSA) is 66.8 Å². The van der Waals surface area contributed by atoms with Gasteiger partial charge in [-0.25, -0.2) is 12.8 Å². The molecule has 27 heavy (non-hydrogen) atoms. The van der Waals surface area contributed by atoms with Crippen molar-refractivity contribution in [3.63, 3.8) is 0 Å². The molecule has 1 N–H and O–H groups in total. The van der Waals surface area contributed by atoms with Crippen LogP contribution in [-0.4, -0.2) is 55.2 Å². The molecule has 0 aliphatic carbocycles. The largest absolute Gasteiger partial charge is 0.491 e. The van der Waals surface area contributed by atoms with E-state index >= 15 is 0 Å². The summed E-state index contributed by atoms with van der Waals surface area (Å²) in [5.74, 6) is 0.541. The fourth-order valence-electron chi connectivity index (χ4n) is 3.31. The van der Waals surface area contributed by atoms with Crippen molar-refractivity contribution < 1.29 is 22.7 Å². The molecule has 1 fully saturated rings. The third-order valence-corrected chi connectivity index (χ3v) is 6.38. The van der Waals surface area contributed by atoms with E-state index in [1.807, 2.05) is 23.1 Å². The number of halogens is 1. The first-order chi connectivity index (χ1) is 12.9. The summed E-state index contributed by atoms with van der Waals surface area (Å²) >= 11 is 0. The lowest BCUT2D eigenvalue weighted by atomic mass is 10.1. The average molecular weight is 393 g/mol. The van der Waals surface area contributed by atoms with Crippen molar-refractivity contribution in [1.29, 1.82) is 0 Å². The van der Waals surface area contributed by atoms with Crippen molar-refractivity contribution >= 4 is 9.84 Å². The zero-order chi connectivity index (χ0) is 19.3. The molecule has 2 aromatic rings. The van der Waals surface area contributed by atoms with Gasteiger partial charge >= 0.3 is 0 Å². The van der Waals surface area contributed by atoms with E-state index < -0.39 is 15.9 Å². The van der Waals surface area contributed by atoms with Gasteiger partial charge in [0.2, 0.25) is 0 Å². The number of hydrogen-bond acceptors (Lipinski definition) is 5. The van der Waals surface area contributed by atoms with Gasteiger partial charge in [-0.2, -0.15) is 0 Å². The van der Waals surface area contributed by atoms with Crippen LogP contribution < -0.4 is 4.74 Å². The second-order valence-corrected chi connectivity index (χ2v) is 9.12. The Bertz CT molecular complexity index is 844. The standard InChI is InChI=1S/C20H24FNO4S/c21-17-6-4-5-16(11-17)12-22(18-9-10-27(24,25)15-18)13-19(23)14-26-20-7-2-1-3-8-20/h1-8,11,18-19,23H,9-10,12-15H2. The lowest BCUT2D eigenvalue weighted by molar-refractivity contribution is 0.0524. The molecule has 0 amide bonds. The first-order valence-electron chi connectivity index (χ1n) is 8.96. The Kier molecular flexibility index (Phi) is 6.46. The zero-order valence-electron chi connectivity index (χ0n) is 15.0. The Morgan fingerprint density at radius 3 is 2.63 bits per heavy atom. The van der Waals surface area contributed by atoms with Gasteiger partial charge in [0, 0.05) is 19.1 Å². The van der Waals surface area contributed by atoms with Crippen LogP contribution >= 0.6 is 0 Å². The molecule has 0 spiro atoms. The fourth-order valence-corrected chi connectivity index (χ4v) is 5.07. The van der Waals surface area contributed by atoms with Gasteiger partial charge in [-0.3, -0.25) is 4.90 Å². The first kappa shape index (κ1) is 19.8.